The maximum Gasteiger partial charge on any atom is 0.272 e. The minimum Gasteiger partial charge on any atom is -0.337 e. The third-order valence-electron chi connectivity index (χ3n) is 3.76. The number of pyridine rings is 1. The molecule has 1 fully saturated rings. The largest absolute Gasteiger partial charge is 0.337 e. The van der Waals surface area contributed by atoms with Gasteiger partial charge in [0.15, 0.2) is 0 Å². The van der Waals surface area contributed by atoms with Gasteiger partial charge in [0.25, 0.3) is 5.91 Å². The number of carbonyl (C=O) groups excluding carboxylic acids is 1. The minimum absolute atomic E-state index is 0.0285. The average molecular weight is 262 g/mol. The predicted molar refractivity (Wildman–Crippen MR) is 74.7 cm³/mol. The zero-order valence-electron chi connectivity index (χ0n) is 11.7. The molecule has 0 bridgehead atoms. The predicted octanol–water partition coefficient (Wildman–Crippen LogP) is 0.706. The smallest absolute Gasteiger partial charge is 0.272 e. The van der Waals surface area contributed by atoms with Crippen LogP contribution in [0.2, 0.25) is 0 Å². The van der Waals surface area contributed by atoms with E-state index in [0.29, 0.717) is 18.3 Å². The Morgan fingerprint density at radius 2 is 2.11 bits per heavy atom. The highest BCUT2D eigenvalue weighted by Crippen LogP contribution is 2.16. The molecule has 19 heavy (non-hydrogen) atoms. The molecule has 1 aliphatic heterocycles. The zero-order chi connectivity index (χ0) is 13.8. The number of hydrogen-bond donors (Lipinski definition) is 1. The fraction of sp³-hybridized carbons (Fsp3) is 0.571. The lowest BCUT2D eigenvalue weighted by molar-refractivity contribution is 0.0657. The maximum atomic E-state index is 12.3. The minimum atomic E-state index is 0.0285. The summed E-state index contributed by atoms with van der Waals surface area (Å²) in [6, 6.07) is 4.21. The lowest BCUT2D eigenvalue weighted by Gasteiger charge is -2.35. The summed E-state index contributed by atoms with van der Waals surface area (Å²) in [5.74, 6) is 0.0285. The summed E-state index contributed by atoms with van der Waals surface area (Å²) in [6.07, 6.45) is 3.74. The Hall–Kier alpha value is -1.46. The van der Waals surface area contributed by atoms with Gasteiger partial charge in [0.05, 0.1) is 0 Å². The van der Waals surface area contributed by atoms with Crippen LogP contribution in [-0.4, -0.2) is 53.9 Å². The Kier molecular flexibility index (Phi) is 4.50. The molecule has 1 aliphatic rings. The summed E-state index contributed by atoms with van der Waals surface area (Å²) >= 11 is 0. The van der Waals surface area contributed by atoms with Gasteiger partial charge in [-0.25, -0.2) is 0 Å². The molecule has 0 unspecified atom stereocenters. The molecule has 0 saturated carbocycles. The molecule has 1 saturated heterocycles. The van der Waals surface area contributed by atoms with E-state index in [0.717, 1.165) is 31.5 Å². The van der Waals surface area contributed by atoms with Crippen molar-refractivity contribution in [3.05, 3.63) is 29.6 Å². The molecule has 5 heteroatoms. The third-order valence-corrected chi connectivity index (χ3v) is 3.76. The standard InChI is InChI=1S/C14H22N4O/c1-17(2)12-5-7-18(8-6-12)14(19)13-4-3-11(9-15)10-16-13/h3-4,10,12H,5-9,15H2,1-2H3. The van der Waals surface area contributed by atoms with Crippen molar-refractivity contribution in [1.82, 2.24) is 14.8 Å². The number of piperidine rings is 1. The van der Waals surface area contributed by atoms with Crippen molar-refractivity contribution in [3.8, 4) is 0 Å². The summed E-state index contributed by atoms with van der Waals surface area (Å²) < 4.78 is 0. The first-order valence-corrected chi connectivity index (χ1v) is 6.72. The van der Waals surface area contributed by atoms with Crippen molar-refractivity contribution in [2.75, 3.05) is 27.2 Å². The van der Waals surface area contributed by atoms with E-state index in [1.165, 1.54) is 0 Å². The van der Waals surface area contributed by atoms with Crippen LogP contribution in [0.4, 0.5) is 0 Å². The van der Waals surface area contributed by atoms with Gasteiger partial charge in [-0.05, 0) is 38.6 Å². The molecule has 0 atom stereocenters. The normalized spacial score (nSPS) is 16.9. The van der Waals surface area contributed by atoms with Gasteiger partial charge >= 0.3 is 0 Å². The van der Waals surface area contributed by atoms with Crippen molar-refractivity contribution in [1.29, 1.82) is 0 Å². The maximum absolute atomic E-state index is 12.3. The summed E-state index contributed by atoms with van der Waals surface area (Å²) in [7, 11) is 4.19. The van der Waals surface area contributed by atoms with Crippen LogP contribution in [-0.2, 0) is 6.54 Å². The van der Waals surface area contributed by atoms with Gasteiger partial charge in [0.1, 0.15) is 5.69 Å². The Balaban J connectivity index is 1.97. The summed E-state index contributed by atoms with van der Waals surface area (Å²) in [5, 5.41) is 0. The van der Waals surface area contributed by atoms with E-state index < -0.39 is 0 Å². The number of nitrogens with two attached hydrogens (primary N) is 1. The van der Waals surface area contributed by atoms with E-state index in [-0.39, 0.29) is 5.91 Å². The van der Waals surface area contributed by atoms with E-state index in [9.17, 15) is 4.79 Å². The number of carbonyl (C=O) groups is 1. The molecule has 0 spiro atoms. The quantitative estimate of drug-likeness (QED) is 0.871. The molecule has 1 aromatic rings. The van der Waals surface area contributed by atoms with Crippen LogP contribution in [0.1, 0.15) is 28.9 Å². The van der Waals surface area contributed by atoms with E-state index in [4.69, 9.17) is 5.73 Å². The van der Waals surface area contributed by atoms with Crippen molar-refractivity contribution < 1.29 is 4.79 Å². The van der Waals surface area contributed by atoms with Crippen LogP contribution in [0.25, 0.3) is 0 Å². The van der Waals surface area contributed by atoms with Gasteiger partial charge in [-0.2, -0.15) is 0 Å². The van der Waals surface area contributed by atoms with Crippen molar-refractivity contribution >= 4 is 5.91 Å². The highest BCUT2D eigenvalue weighted by molar-refractivity contribution is 5.92. The van der Waals surface area contributed by atoms with Gasteiger partial charge in [-0.3, -0.25) is 9.78 Å². The molecule has 2 rings (SSSR count). The highest BCUT2D eigenvalue weighted by Gasteiger charge is 2.25. The molecular weight excluding hydrogens is 240 g/mol. The number of likely N-dealkylation sites (tertiary alicyclic amines) is 1. The number of amides is 1. The van der Waals surface area contributed by atoms with E-state index in [1.54, 1.807) is 12.3 Å². The Bertz CT molecular complexity index is 422. The first kappa shape index (κ1) is 14.0. The topological polar surface area (TPSA) is 62.5 Å². The van der Waals surface area contributed by atoms with Crippen molar-refractivity contribution in [2.45, 2.75) is 25.4 Å². The number of hydrogen-bond acceptors (Lipinski definition) is 4. The van der Waals surface area contributed by atoms with Gasteiger partial charge in [-0.15, -0.1) is 0 Å². The van der Waals surface area contributed by atoms with Crippen LogP contribution < -0.4 is 5.73 Å². The van der Waals surface area contributed by atoms with Gasteiger partial charge in [0.2, 0.25) is 0 Å². The Morgan fingerprint density at radius 3 is 2.58 bits per heavy atom. The number of aromatic nitrogens is 1. The molecule has 104 valence electrons. The fourth-order valence-corrected chi connectivity index (χ4v) is 2.42. The lowest BCUT2D eigenvalue weighted by atomic mass is 10.0. The molecule has 1 amide bonds. The lowest BCUT2D eigenvalue weighted by Crippen LogP contribution is -2.44. The van der Waals surface area contributed by atoms with E-state index in [1.807, 2.05) is 11.0 Å². The molecule has 0 radical (unpaired) electrons. The fourth-order valence-electron chi connectivity index (χ4n) is 2.42. The number of nitrogens with zero attached hydrogens (tertiary/aromatic N) is 3. The van der Waals surface area contributed by atoms with Crippen LogP contribution in [0.3, 0.4) is 0 Å². The Morgan fingerprint density at radius 1 is 1.42 bits per heavy atom. The van der Waals surface area contributed by atoms with E-state index >= 15 is 0 Å². The van der Waals surface area contributed by atoms with Crippen molar-refractivity contribution in [2.24, 2.45) is 5.73 Å². The van der Waals surface area contributed by atoms with Crippen LogP contribution >= 0.6 is 0 Å². The second-order valence-electron chi connectivity index (χ2n) is 5.24. The first-order chi connectivity index (χ1) is 9.11. The summed E-state index contributed by atoms with van der Waals surface area (Å²) in [6.45, 7) is 2.07. The van der Waals surface area contributed by atoms with Crippen LogP contribution in [0, 0.1) is 0 Å². The third kappa shape index (κ3) is 3.30. The zero-order valence-corrected chi connectivity index (χ0v) is 11.7. The van der Waals surface area contributed by atoms with Gasteiger partial charge in [-0.1, -0.05) is 6.07 Å². The molecule has 0 aliphatic carbocycles. The summed E-state index contributed by atoms with van der Waals surface area (Å²) in [4.78, 5) is 20.6. The number of rotatable bonds is 3. The average Bonchev–Trinajstić information content (AvgIpc) is 2.46. The molecule has 1 aromatic heterocycles. The van der Waals surface area contributed by atoms with E-state index in [2.05, 4.69) is 24.0 Å². The monoisotopic (exact) mass is 262 g/mol. The second-order valence-corrected chi connectivity index (χ2v) is 5.24. The molecule has 2 N–H and O–H groups in total. The highest BCUT2D eigenvalue weighted by atomic mass is 16.2. The first-order valence-electron chi connectivity index (χ1n) is 6.72. The van der Waals surface area contributed by atoms with Gasteiger partial charge < -0.3 is 15.5 Å². The molecule has 5 nitrogen and oxygen atoms in total. The van der Waals surface area contributed by atoms with Crippen LogP contribution in [0.5, 0.6) is 0 Å². The SMILES string of the molecule is CN(C)C1CCN(C(=O)c2ccc(CN)cn2)CC1. The summed E-state index contributed by atoms with van der Waals surface area (Å²) in [5.41, 5.74) is 6.98. The van der Waals surface area contributed by atoms with Crippen LogP contribution in [0.15, 0.2) is 18.3 Å². The molecule has 2 heterocycles. The van der Waals surface area contributed by atoms with Crippen molar-refractivity contribution in [3.63, 3.8) is 0 Å². The molecule has 0 aromatic carbocycles. The molecular formula is C14H22N4O. The van der Waals surface area contributed by atoms with Gasteiger partial charge in [0, 0.05) is 31.9 Å². The second kappa shape index (κ2) is 6.12. The Labute approximate surface area is 114 Å².